The lowest BCUT2D eigenvalue weighted by molar-refractivity contribution is -0.0417. The van der Waals surface area contributed by atoms with E-state index < -0.39 is 6.29 Å². The van der Waals surface area contributed by atoms with Crippen LogP contribution in [-0.2, 0) is 4.74 Å². The lowest BCUT2D eigenvalue weighted by Gasteiger charge is -2.06. The van der Waals surface area contributed by atoms with Gasteiger partial charge in [0.25, 0.3) is 0 Å². The SMILES string of the molecule is C=CC=CC(=C)C(O)OC. The fourth-order valence-corrected chi connectivity index (χ4v) is 0.425. The minimum absolute atomic E-state index is 0.516. The summed E-state index contributed by atoms with van der Waals surface area (Å²) in [6.07, 6.45) is 4.02. The predicted molar refractivity (Wildman–Crippen MR) is 41.5 cm³/mol. The summed E-state index contributed by atoms with van der Waals surface area (Å²) in [7, 11) is 1.41. The van der Waals surface area contributed by atoms with Gasteiger partial charge in [0.2, 0.25) is 0 Å². The van der Waals surface area contributed by atoms with Gasteiger partial charge in [0.15, 0.2) is 6.29 Å². The Morgan fingerprint density at radius 1 is 1.70 bits per heavy atom. The molecule has 0 amide bonds. The third kappa shape index (κ3) is 3.22. The standard InChI is InChI=1S/C8H12O2/c1-4-5-6-7(2)8(9)10-3/h4-6,8-9H,1-2H2,3H3. The van der Waals surface area contributed by atoms with Gasteiger partial charge in [-0.1, -0.05) is 31.4 Å². The van der Waals surface area contributed by atoms with E-state index in [0.717, 1.165) is 0 Å². The molecule has 2 heteroatoms. The topological polar surface area (TPSA) is 29.5 Å². The van der Waals surface area contributed by atoms with Gasteiger partial charge in [-0.05, 0) is 0 Å². The van der Waals surface area contributed by atoms with Crippen LogP contribution in [0.2, 0.25) is 0 Å². The van der Waals surface area contributed by atoms with E-state index in [1.54, 1.807) is 18.2 Å². The van der Waals surface area contributed by atoms with Crippen molar-refractivity contribution in [1.82, 2.24) is 0 Å². The van der Waals surface area contributed by atoms with E-state index in [-0.39, 0.29) is 0 Å². The molecule has 56 valence electrons. The van der Waals surface area contributed by atoms with Crippen molar-refractivity contribution in [3.63, 3.8) is 0 Å². The highest BCUT2D eigenvalue weighted by atomic mass is 16.6. The molecular weight excluding hydrogens is 128 g/mol. The van der Waals surface area contributed by atoms with Gasteiger partial charge in [-0.2, -0.15) is 0 Å². The molecule has 0 saturated heterocycles. The lowest BCUT2D eigenvalue weighted by Crippen LogP contribution is -2.09. The van der Waals surface area contributed by atoms with Gasteiger partial charge >= 0.3 is 0 Å². The van der Waals surface area contributed by atoms with Crippen LogP contribution >= 0.6 is 0 Å². The van der Waals surface area contributed by atoms with Crippen molar-refractivity contribution in [3.05, 3.63) is 37.0 Å². The Morgan fingerprint density at radius 2 is 2.30 bits per heavy atom. The number of ether oxygens (including phenoxy) is 1. The molecule has 2 nitrogen and oxygen atoms in total. The molecule has 0 aliphatic heterocycles. The Labute approximate surface area is 61.1 Å². The molecule has 0 bridgehead atoms. The van der Waals surface area contributed by atoms with Crippen LogP contribution in [0.5, 0.6) is 0 Å². The maximum Gasteiger partial charge on any atom is 0.180 e. The molecule has 0 aliphatic rings. The van der Waals surface area contributed by atoms with Crippen LogP contribution < -0.4 is 0 Å². The van der Waals surface area contributed by atoms with Crippen LogP contribution in [0.4, 0.5) is 0 Å². The first-order valence-electron chi connectivity index (χ1n) is 2.91. The zero-order chi connectivity index (χ0) is 7.98. The molecule has 0 aliphatic carbocycles. The largest absolute Gasteiger partial charge is 0.364 e. The van der Waals surface area contributed by atoms with E-state index in [4.69, 9.17) is 5.11 Å². The van der Waals surface area contributed by atoms with Crippen molar-refractivity contribution >= 4 is 0 Å². The predicted octanol–water partition coefficient (Wildman–Crippen LogP) is 1.25. The molecule has 0 aromatic rings. The second kappa shape index (κ2) is 4.97. The molecule has 0 heterocycles. The molecule has 1 N–H and O–H groups in total. The highest BCUT2D eigenvalue weighted by Gasteiger charge is 2.00. The quantitative estimate of drug-likeness (QED) is 0.470. The van der Waals surface area contributed by atoms with Gasteiger partial charge in [-0.15, -0.1) is 0 Å². The van der Waals surface area contributed by atoms with E-state index >= 15 is 0 Å². The molecule has 0 aromatic heterocycles. The molecule has 0 radical (unpaired) electrons. The van der Waals surface area contributed by atoms with Gasteiger partial charge in [0.1, 0.15) is 0 Å². The molecule has 0 aromatic carbocycles. The molecular formula is C8H12O2. The van der Waals surface area contributed by atoms with E-state index in [9.17, 15) is 0 Å². The van der Waals surface area contributed by atoms with E-state index in [1.165, 1.54) is 7.11 Å². The third-order valence-electron chi connectivity index (χ3n) is 0.987. The monoisotopic (exact) mass is 140 g/mol. The first kappa shape index (κ1) is 9.14. The number of methoxy groups -OCH3 is 1. The third-order valence-corrected chi connectivity index (χ3v) is 0.987. The van der Waals surface area contributed by atoms with Crippen molar-refractivity contribution in [1.29, 1.82) is 0 Å². The van der Waals surface area contributed by atoms with Crippen LogP contribution in [0.15, 0.2) is 37.0 Å². The van der Waals surface area contributed by atoms with Crippen molar-refractivity contribution in [3.8, 4) is 0 Å². The maximum atomic E-state index is 8.95. The summed E-state index contributed by atoms with van der Waals surface area (Å²) >= 11 is 0. The second-order valence-corrected chi connectivity index (χ2v) is 1.76. The molecule has 1 atom stereocenters. The van der Waals surface area contributed by atoms with E-state index in [0.29, 0.717) is 5.57 Å². The summed E-state index contributed by atoms with van der Waals surface area (Å²) < 4.78 is 4.58. The van der Waals surface area contributed by atoms with Gasteiger partial charge < -0.3 is 9.84 Å². The summed E-state index contributed by atoms with van der Waals surface area (Å²) in [5, 5.41) is 8.95. The number of aliphatic hydroxyl groups excluding tert-OH is 1. The zero-order valence-electron chi connectivity index (χ0n) is 6.08. The molecule has 0 spiro atoms. The van der Waals surface area contributed by atoms with E-state index in [2.05, 4.69) is 17.9 Å². The fourth-order valence-electron chi connectivity index (χ4n) is 0.425. The highest BCUT2D eigenvalue weighted by Crippen LogP contribution is 2.00. The van der Waals surface area contributed by atoms with Gasteiger partial charge in [-0.3, -0.25) is 0 Å². The Bertz CT molecular complexity index is 147. The minimum Gasteiger partial charge on any atom is -0.364 e. The smallest absolute Gasteiger partial charge is 0.180 e. The van der Waals surface area contributed by atoms with Crippen LogP contribution in [0.25, 0.3) is 0 Å². The van der Waals surface area contributed by atoms with Crippen LogP contribution in [0.3, 0.4) is 0 Å². The lowest BCUT2D eigenvalue weighted by atomic mass is 10.2. The highest BCUT2D eigenvalue weighted by molar-refractivity contribution is 5.19. The van der Waals surface area contributed by atoms with Gasteiger partial charge in [0, 0.05) is 12.7 Å². The van der Waals surface area contributed by atoms with Gasteiger partial charge in [0.05, 0.1) is 0 Å². The molecule has 0 fully saturated rings. The average Bonchev–Trinajstić information content (AvgIpc) is 1.98. The normalized spacial score (nSPS) is 13.4. The zero-order valence-corrected chi connectivity index (χ0v) is 6.08. The van der Waals surface area contributed by atoms with Crippen molar-refractivity contribution < 1.29 is 9.84 Å². The number of aliphatic hydroxyl groups is 1. The molecule has 0 rings (SSSR count). The van der Waals surface area contributed by atoms with Gasteiger partial charge in [-0.25, -0.2) is 0 Å². The summed E-state index contributed by atoms with van der Waals surface area (Å²) in [5.41, 5.74) is 0.516. The first-order valence-corrected chi connectivity index (χ1v) is 2.91. The summed E-state index contributed by atoms with van der Waals surface area (Å²) in [5.74, 6) is 0. The summed E-state index contributed by atoms with van der Waals surface area (Å²) in [6.45, 7) is 7.02. The number of hydrogen-bond donors (Lipinski definition) is 1. The maximum absolute atomic E-state index is 8.95. The minimum atomic E-state index is -0.906. The first-order chi connectivity index (χ1) is 4.72. The number of allylic oxidation sites excluding steroid dienone is 2. The van der Waals surface area contributed by atoms with Crippen LogP contribution in [-0.4, -0.2) is 18.5 Å². The van der Waals surface area contributed by atoms with Crippen molar-refractivity contribution in [2.24, 2.45) is 0 Å². The molecule has 1 unspecified atom stereocenters. The Balaban J connectivity index is 3.83. The Hall–Kier alpha value is -0.860. The van der Waals surface area contributed by atoms with Crippen molar-refractivity contribution in [2.45, 2.75) is 6.29 Å². The number of rotatable bonds is 4. The average molecular weight is 140 g/mol. The summed E-state index contributed by atoms with van der Waals surface area (Å²) in [6, 6.07) is 0. The molecule has 10 heavy (non-hydrogen) atoms. The van der Waals surface area contributed by atoms with Crippen LogP contribution in [0.1, 0.15) is 0 Å². The Kier molecular flexibility index (Phi) is 4.54. The fraction of sp³-hybridized carbons (Fsp3) is 0.250. The van der Waals surface area contributed by atoms with Crippen LogP contribution in [0, 0.1) is 0 Å². The molecule has 0 saturated carbocycles. The van der Waals surface area contributed by atoms with E-state index in [1.807, 2.05) is 0 Å². The van der Waals surface area contributed by atoms with Crippen molar-refractivity contribution in [2.75, 3.05) is 7.11 Å². The Morgan fingerprint density at radius 3 is 2.70 bits per heavy atom. The second-order valence-electron chi connectivity index (χ2n) is 1.76. The number of hydrogen-bond acceptors (Lipinski definition) is 2. The summed E-state index contributed by atoms with van der Waals surface area (Å²) in [4.78, 5) is 0.